The molecule has 1 unspecified atom stereocenters. The maximum atomic E-state index is 12.9. The molecule has 35 heavy (non-hydrogen) atoms. The molecule has 4 rings (SSSR count). The quantitative estimate of drug-likeness (QED) is 0.588. The van der Waals surface area contributed by atoms with Crippen LogP contribution in [0, 0.1) is 0 Å². The van der Waals surface area contributed by atoms with Crippen molar-refractivity contribution in [2.75, 3.05) is 71.0 Å². The number of benzene rings is 1. The number of carbonyl (C=O) groups is 2. The van der Waals surface area contributed by atoms with Crippen molar-refractivity contribution in [1.82, 2.24) is 14.7 Å². The summed E-state index contributed by atoms with van der Waals surface area (Å²) in [5, 5.41) is 0. The molecular formula is C27H42N4O4. The van der Waals surface area contributed by atoms with Crippen molar-refractivity contribution in [2.24, 2.45) is 0 Å². The van der Waals surface area contributed by atoms with Gasteiger partial charge in [-0.25, -0.2) is 4.79 Å². The number of nitrogens with zero attached hydrogens (tertiary/aromatic N) is 4. The van der Waals surface area contributed by atoms with Gasteiger partial charge in [-0.3, -0.25) is 4.79 Å². The SMILES string of the molecule is CCOC(=O)N1CCN(C(=O)c2ccc(N3CCC(N(C)CCC4CCCCO4)CC3)cc2)CC1. The highest BCUT2D eigenvalue weighted by molar-refractivity contribution is 5.94. The van der Waals surface area contributed by atoms with Gasteiger partial charge < -0.3 is 29.1 Å². The van der Waals surface area contributed by atoms with Crippen LogP contribution in [0.15, 0.2) is 24.3 Å². The van der Waals surface area contributed by atoms with Gasteiger partial charge in [-0.05, 0) is 76.8 Å². The largest absolute Gasteiger partial charge is 0.450 e. The summed E-state index contributed by atoms with van der Waals surface area (Å²) in [4.78, 5) is 33.3. The third kappa shape index (κ3) is 6.88. The number of carbonyl (C=O) groups excluding carboxylic acids is 2. The zero-order valence-electron chi connectivity index (χ0n) is 21.5. The number of rotatable bonds is 7. The van der Waals surface area contributed by atoms with Crippen molar-refractivity contribution < 1.29 is 19.1 Å². The summed E-state index contributed by atoms with van der Waals surface area (Å²) in [7, 11) is 2.26. The lowest BCUT2D eigenvalue weighted by molar-refractivity contribution is 0.00415. The van der Waals surface area contributed by atoms with Gasteiger partial charge in [0.1, 0.15) is 0 Å². The van der Waals surface area contributed by atoms with Gasteiger partial charge in [0.2, 0.25) is 0 Å². The third-order valence-corrected chi connectivity index (χ3v) is 7.74. The number of ether oxygens (including phenoxy) is 2. The first-order chi connectivity index (χ1) is 17.0. The Morgan fingerprint density at radius 3 is 2.29 bits per heavy atom. The molecule has 3 fully saturated rings. The van der Waals surface area contributed by atoms with Crippen LogP contribution >= 0.6 is 0 Å². The predicted molar refractivity (Wildman–Crippen MR) is 137 cm³/mol. The molecule has 3 heterocycles. The van der Waals surface area contributed by atoms with E-state index < -0.39 is 0 Å². The minimum Gasteiger partial charge on any atom is -0.450 e. The third-order valence-electron chi connectivity index (χ3n) is 7.74. The molecule has 1 aromatic rings. The molecule has 194 valence electrons. The normalized spacial score (nSPS) is 21.9. The molecule has 0 aromatic heterocycles. The summed E-state index contributed by atoms with van der Waals surface area (Å²) in [6, 6.07) is 8.67. The lowest BCUT2D eigenvalue weighted by Crippen LogP contribution is -2.50. The Morgan fingerprint density at radius 1 is 0.971 bits per heavy atom. The van der Waals surface area contributed by atoms with Crippen LogP contribution in [0.25, 0.3) is 0 Å². The predicted octanol–water partition coefficient (Wildman–Crippen LogP) is 3.46. The molecule has 8 heteroatoms. The zero-order chi connectivity index (χ0) is 24.6. The summed E-state index contributed by atoms with van der Waals surface area (Å²) >= 11 is 0. The summed E-state index contributed by atoms with van der Waals surface area (Å²) in [6.07, 6.45) is 7.36. The molecule has 0 radical (unpaired) electrons. The average molecular weight is 487 g/mol. The first kappa shape index (κ1) is 25.8. The maximum absolute atomic E-state index is 12.9. The van der Waals surface area contributed by atoms with Crippen molar-refractivity contribution in [3.8, 4) is 0 Å². The maximum Gasteiger partial charge on any atom is 0.409 e. The summed E-state index contributed by atoms with van der Waals surface area (Å²) < 4.78 is 11.0. The highest BCUT2D eigenvalue weighted by atomic mass is 16.6. The van der Waals surface area contributed by atoms with Crippen LogP contribution in [0.2, 0.25) is 0 Å². The summed E-state index contributed by atoms with van der Waals surface area (Å²) in [5.74, 6) is 0.0299. The highest BCUT2D eigenvalue weighted by Gasteiger charge is 2.27. The summed E-state index contributed by atoms with van der Waals surface area (Å²) in [5.41, 5.74) is 1.89. The fraction of sp³-hybridized carbons (Fsp3) is 0.704. The van der Waals surface area contributed by atoms with E-state index in [2.05, 4.69) is 29.0 Å². The Kier molecular flexibility index (Phi) is 9.26. The monoisotopic (exact) mass is 486 g/mol. The Morgan fingerprint density at radius 2 is 1.66 bits per heavy atom. The standard InChI is InChI=1S/C27H42N4O4/c1-3-34-27(33)31-19-17-30(18-20-31)26(32)22-7-9-24(10-8-22)29-15-11-23(12-16-29)28(2)14-13-25-6-4-5-21-35-25/h7-10,23,25H,3-6,11-21H2,1-2H3. The van der Waals surface area contributed by atoms with Crippen LogP contribution in [0.4, 0.5) is 10.5 Å². The Balaban J connectivity index is 1.20. The van der Waals surface area contributed by atoms with Crippen molar-refractivity contribution in [3.05, 3.63) is 29.8 Å². The molecule has 0 aliphatic carbocycles. The molecule has 3 saturated heterocycles. The lowest BCUT2D eigenvalue weighted by Gasteiger charge is -2.38. The van der Waals surface area contributed by atoms with Crippen LogP contribution < -0.4 is 4.90 Å². The Labute approximate surface area is 210 Å². The molecule has 0 bridgehead atoms. The van der Waals surface area contributed by atoms with E-state index in [0.717, 1.165) is 45.5 Å². The topological polar surface area (TPSA) is 65.6 Å². The van der Waals surface area contributed by atoms with Crippen molar-refractivity contribution in [2.45, 2.75) is 57.6 Å². The van der Waals surface area contributed by atoms with Crippen LogP contribution in [0.5, 0.6) is 0 Å². The molecule has 2 amide bonds. The van der Waals surface area contributed by atoms with E-state index in [1.165, 1.54) is 24.9 Å². The zero-order valence-corrected chi connectivity index (χ0v) is 21.5. The lowest BCUT2D eigenvalue weighted by atomic mass is 10.0. The number of piperidine rings is 1. The number of hydrogen-bond donors (Lipinski definition) is 0. The van der Waals surface area contributed by atoms with E-state index in [-0.39, 0.29) is 12.0 Å². The van der Waals surface area contributed by atoms with E-state index in [1.807, 2.05) is 17.0 Å². The van der Waals surface area contributed by atoms with E-state index >= 15 is 0 Å². The molecular weight excluding hydrogens is 444 g/mol. The first-order valence-corrected chi connectivity index (χ1v) is 13.4. The van der Waals surface area contributed by atoms with Crippen LogP contribution in [-0.2, 0) is 9.47 Å². The number of hydrogen-bond acceptors (Lipinski definition) is 6. The Bertz CT molecular complexity index is 811. The van der Waals surface area contributed by atoms with Gasteiger partial charge in [-0.2, -0.15) is 0 Å². The van der Waals surface area contributed by atoms with Gasteiger partial charge in [0.25, 0.3) is 5.91 Å². The molecule has 0 N–H and O–H groups in total. The van der Waals surface area contributed by atoms with Gasteiger partial charge in [0.05, 0.1) is 12.7 Å². The molecule has 3 aliphatic rings. The van der Waals surface area contributed by atoms with Gasteiger partial charge in [-0.1, -0.05) is 0 Å². The second-order valence-electron chi connectivity index (χ2n) is 10.0. The number of anilines is 1. The van der Waals surface area contributed by atoms with Crippen molar-refractivity contribution in [3.63, 3.8) is 0 Å². The van der Waals surface area contributed by atoms with E-state index in [4.69, 9.17) is 9.47 Å². The second-order valence-corrected chi connectivity index (χ2v) is 10.0. The van der Waals surface area contributed by atoms with Crippen LogP contribution in [0.1, 0.15) is 55.8 Å². The fourth-order valence-corrected chi connectivity index (χ4v) is 5.43. The Hall–Kier alpha value is -2.32. The van der Waals surface area contributed by atoms with Gasteiger partial charge in [0, 0.05) is 69.7 Å². The molecule has 0 spiro atoms. The molecule has 3 aliphatic heterocycles. The van der Waals surface area contributed by atoms with Gasteiger partial charge >= 0.3 is 6.09 Å². The van der Waals surface area contributed by atoms with E-state index in [9.17, 15) is 9.59 Å². The van der Waals surface area contributed by atoms with Gasteiger partial charge in [-0.15, -0.1) is 0 Å². The van der Waals surface area contributed by atoms with Crippen LogP contribution in [0.3, 0.4) is 0 Å². The highest BCUT2D eigenvalue weighted by Crippen LogP contribution is 2.24. The number of amides is 2. The van der Waals surface area contributed by atoms with E-state index in [1.54, 1.807) is 11.8 Å². The fourth-order valence-electron chi connectivity index (χ4n) is 5.43. The molecule has 1 atom stereocenters. The minimum absolute atomic E-state index is 0.0299. The van der Waals surface area contributed by atoms with Gasteiger partial charge in [0.15, 0.2) is 0 Å². The molecule has 8 nitrogen and oxygen atoms in total. The van der Waals surface area contributed by atoms with Crippen molar-refractivity contribution in [1.29, 1.82) is 0 Å². The van der Waals surface area contributed by atoms with Crippen LogP contribution in [-0.4, -0.2) is 105 Å². The molecule has 1 aromatic carbocycles. The van der Waals surface area contributed by atoms with Crippen molar-refractivity contribution >= 4 is 17.7 Å². The number of piperazine rings is 1. The van der Waals surface area contributed by atoms with E-state index in [0.29, 0.717) is 50.5 Å². The molecule has 0 saturated carbocycles. The smallest absolute Gasteiger partial charge is 0.409 e. The minimum atomic E-state index is -0.294. The average Bonchev–Trinajstić information content (AvgIpc) is 2.92. The first-order valence-electron chi connectivity index (χ1n) is 13.4. The summed E-state index contributed by atoms with van der Waals surface area (Å²) in [6.45, 7) is 8.39. The second kappa shape index (κ2) is 12.6.